The normalized spacial score (nSPS) is 15.4. The number of nitrogens with one attached hydrogen (secondary N) is 1. The molecule has 0 spiro atoms. The Balaban J connectivity index is 2.86. The molecule has 0 bridgehead atoms. The predicted octanol–water partition coefficient (Wildman–Crippen LogP) is 0.0197. The molecule has 0 saturated heterocycles. The van der Waals surface area contributed by atoms with Gasteiger partial charge < -0.3 is 9.41 Å². The van der Waals surface area contributed by atoms with Gasteiger partial charge in [-0.2, -0.15) is 0 Å². The van der Waals surface area contributed by atoms with Crippen LogP contribution in [0.15, 0.2) is 0 Å². The van der Waals surface area contributed by atoms with Crippen molar-refractivity contribution in [2.24, 2.45) is 0 Å². The molecular weight excluding hydrogens is 118 g/mol. The third-order valence-electron chi connectivity index (χ3n) is 1.19. The van der Waals surface area contributed by atoms with Crippen LogP contribution in [0.2, 0.25) is 0 Å². The Morgan fingerprint density at radius 3 is 2.75 bits per heavy atom. The van der Waals surface area contributed by atoms with Crippen molar-refractivity contribution >= 4 is 9.92 Å². The zero-order valence-corrected chi connectivity index (χ0v) is 7.31. The molecule has 0 fully saturated rings. The highest BCUT2D eigenvalue weighted by atomic mass is 28.2. The first-order chi connectivity index (χ1) is 3.81. The maximum absolute atomic E-state index is 4.94. The van der Waals surface area contributed by atoms with Crippen molar-refractivity contribution in [1.29, 1.82) is 0 Å². The smallest absolute Gasteiger partial charge is 0.235 e. The molecule has 1 unspecified atom stereocenters. The molecule has 3 heteroatoms. The molecular formula is C5H15NOSi. The van der Waals surface area contributed by atoms with E-state index < -0.39 is 0 Å². The molecule has 0 aromatic rings. The summed E-state index contributed by atoms with van der Waals surface area (Å²) in [6, 6.07) is 0.640. The van der Waals surface area contributed by atoms with Gasteiger partial charge in [-0.15, -0.1) is 0 Å². The lowest BCUT2D eigenvalue weighted by Crippen LogP contribution is -2.29. The van der Waals surface area contributed by atoms with Gasteiger partial charge in [0.25, 0.3) is 0 Å². The Bertz CT molecular complexity index is 51.7. The van der Waals surface area contributed by atoms with Crippen LogP contribution in [0.4, 0.5) is 0 Å². The van der Waals surface area contributed by atoms with Crippen molar-refractivity contribution in [1.82, 2.24) is 4.98 Å². The molecule has 8 heavy (non-hydrogen) atoms. The van der Waals surface area contributed by atoms with Gasteiger partial charge in [-0.05, 0) is 12.5 Å². The highest BCUT2D eigenvalue weighted by Gasteiger charge is 1.93. The summed E-state index contributed by atoms with van der Waals surface area (Å²) in [6.45, 7) is 4.34. The van der Waals surface area contributed by atoms with Gasteiger partial charge >= 0.3 is 0 Å². The maximum Gasteiger partial charge on any atom is 0.235 e. The van der Waals surface area contributed by atoms with Gasteiger partial charge in [0.2, 0.25) is 9.92 Å². The summed E-state index contributed by atoms with van der Waals surface area (Å²) >= 11 is 0. The molecule has 0 saturated carbocycles. The molecule has 0 aliphatic rings. The van der Waals surface area contributed by atoms with Crippen LogP contribution in [0, 0.1) is 0 Å². The first kappa shape index (κ1) is 8.14. The maximum atomic E-state index is 4.94. The molecule has 0 aliphatic heterocycles. The average Bonchev–Trinajstić information content (AvgIpc) is 1.83. The monoisotopic (exact) mass is 133 g/mol. The fraction of sp³-hybridized carbons (Fsp3) is 1.00. The predicted molar refractivity (Wildman–Crippen MR) is 38.4 cm³/mol. The van der Waals surface area contributed by atoms with Gasteiger partial charge in [-0.25, -0.2) is 0 Å². The highest BCUT2D eigenvalue weighted by Crippen LogP contribution is 1.84. The van der Waals surface area contributed by atoms with Crippen LogP contribution in [0.25, 0.3) is 0 Å². The Hall–Kier alpha value is 0.137. The summed E-state index contributed by atoms with van der Waals surface area (Å²) < 4.78 is 4.94. The van der Waals surface area contributed by atoms with E-state index in [1.54, 1.807) is 7.11 Å². The number of rotatable bonds is 4. The van der Waals surface area contributed by atoms with Gasteiger partial charge in [-0.1, -0.05) is 13.8 Å². The van der Waals surface area contributed by atoms with Crippen LogP contribution in [0.5, 0.6) is 0 Å². The van der Waals surface area contributed by atoms with Crippen molar-refractivity contribution in [2.45, 2.75) is 26.3 Å². The summed E-state index contributed by atoms with van der Waals surface area (Å²) in [5.74, 6) is 0. The topological polar surface area (TPSA) is 21.3 Å². The molecule has 0 radical (unpaired) electrons. The van der Waals surface area contributed by atoms with Gasteiger partial charge in [-0.3, -0.25) is 0 Å². The minimum Gasteiger partial charge on any atom is -0.412 e. The molecule has 0 aromatic heterocycles. The van der Waals surface area contributed by atoms with E-state index in [0.29, 0.717) is 6.04 Å². The van der Waals surface area contributed by atoms with Crippen molar-refractivity contribution in [3.05, 3.63) is 0 Å². The lowest BCUT2D eigenvalue weighted by molar-refractivity contribution is 0.421. The Morgan fingerprint density at radius 2 is 2.38 bits per heavy atom. The van der Waals surface area contributed by atoms with Crippen LogP contribution < -0.4 is 4.98 Å². The molecule has 0 aromatic carbocycles. The lowest BCUT2D eigenvalue weighted by atomic mass is 10.3. The molecule has 0 amide bonds. The van der Waals surface area contributed by atoms with Gasteiger partial charge in [0, 0.05) is 7.11 Å². The summed E-state index contributed by atoms with van der Waals surface area (Å²) in [5, 5.41) is 0. The van der Waals surface area contributed by atoms with Gasteiger partial charge in [0.05, 0.1) is 0 Å². The first-order valence-corrected chi connectivity index (χ1v) is 4.32. The standard InChI is InChI=1S/C5H15NOSi/c1-4-5(2)6-8-7-3/h5-6H,4,8H2,1-3H3. The summed E-state index contributed by atoms with van der Waals surface area (Å²) in [5.41, 5.74) is 0. The molecule has 1 atom stereocenters. The minimum absolute atomic E-state index is 0.387. The highest BCUT2D eigenvalue weighted by molar-refractivity contribution is 6.23. The summed E-state index contributed by atoms with van der Waals surface area (Å²) in [7, 11) is 1.36. The van der Waals surface area contributed by atoms with Crippen LogP contribution in [0.1, 0.15) is 20.3 Å². The van der Waals surface area contributed by atoms with E-state index in [1.807, 2.05) is 0 Å². The van der Waals surface area contributed by atoms with E-state index >= 15 is 0 Å². The van der Waals surface area contributed by atoms with E-state index in [-0.39, 0.29) is 9.92 Å². The number of hydrogen-bond acceptors (Lipinski definition) is 2. The zero-order valence-electron chi connectivity index (χ0n) is 5.90. The van der Waals surface area contributed by atoms with Crippen LogP contribution in [-0.2, 0) is 4.43 Å². The van der Waals surface area contributed by atoms with E-state index in [2.05, 4.69) is 18.8 Å². The van der Waals surface area contributed by atoms with Crippen LogP contribution in [-0.4, -0.2) is 23.1 Å². The van der Waals surface area contributed by atoms with E-state index in [0.717, 1.165) is 0 Å². The summed E-state index contributed by atoms with van der Waals surface area (Å²) in [6.07, 6.45) is 1.19. The van der Waals surface area contributed by atoms with E-state index in [9.17, 15) is 0 Å². The fourth-order valence-electron chi connectivity index (χ4n) is 0.370. The average molecular weight is 133 g/mol. The SMILES string of the molecule is CCC(C)N[SiH2]OC. The van der Waals surface area contributed by atoms with Crippen molar-refractivity contribution in [3.63, 3.8) is 0 Å². The Kier molecular flexibility index (Phi) is 5.37. The van der Waals surface area contributed by atoms with Crippen LogP contribution >= 0.6 is 0 Å². The molecule has 0 rings (SSSR count). The minimum atomic E-state index is -0.387. The Morgan fingerprint density at radius 1 is 1.75 bits per heavy atom. The molecule has 2 nitrogen and oxygen atoms in total. The largest absolute Gasteiger partial charge is 0.412 e. The van der Waals surface area contributed by atoms with E-state index in [4.69, 9.17) is 4.43 Å². The van der Waals surface area contributed by atoms with Crippen molar-refractivity contribution < 1.29 is 4.43 Å². The van der Waals surface area contributed by atoms with Gasteiger partial charge in [0.1, 0.15) is 0 Å². The molecule has 0 heterocycles. The first-order valence-electron chi connectivity index (χ1n) is 3.03. The molecule has 0 aliphatic carbocycles. The second-order valence-electron chi connectivity index (χ2n) is 1.95. The Labute approximate surface area is 53.6 Å². The number of hydrogen-bond donors (Lipinski definition) is 1. The molecule has 50 valence electrons. The molecule has 1 N–H and O–H groups in total. The quantitative estimate of drug-likeness (QED) is 0.546. The third-order valence-corrected chi connectivity index (χ3v) is 2.34. The van der Waals surface area contributed by atoms with Crippen LogP contribution in [0.3, 0.4) is 0 Å². The second-order valence-corrected chi connectivity index (χ2v) is 3.22. The van der Waals surface area contributed by atoms with E-state index in [1.165, 1.54) is 6.42 Å². The second kappa shape index (κ2) is 5.28. The third kappa shape index (κ3) is 4.30. The summed E-state index contributed by atoms with van der Waals surface area (Å²) in [4.78, 5) is 3.30. The van der Waals surface area contributed by atoms with Crippen molar-refractivity contribution in [3.8, 4) is 0 Å². The van der Waals surface area contributed by atoms with Crippen molar-refractivity contribution in [2.75, 3.05) is 7.11 Å². The zero-order chi connectivity index (χ0) is 6.41. The lowest BCUT2D eigenvalue weighted by Gasteiger charge is -2.07. The fourth-order valence-corrected chi connectivity index (χ4v) is 1.11. The van der Waals surface area contributed by atoms with Gasteiger partial charge in [0.15, 0.2) is 0 Å².